The van der Waals surface area contributed by atoms with E-state index in [1.807, 2.05) is 36.4 Å². The van der Waals surface area contributed by atoms with Crippen molar-refractivity contribution in [2.75, 3.05) is 0 Å². The molecule has 4 rings (SSSR count). The zero-order valence-electron chi connectivity index (χ0n) is 14.0. The summed E-state index contributed by atoms with van der Waals surface area (Å²) in [5.41, 5.74) is 3.47. The third-order valence-corrected chi connectivity index (χ3v) is 4.21. The van der Waals surface area contributed by atoms with Gasteiger partial charge in [-0.05, 0) is 29.0 Å². The average molecular weight is 358 g/mol. The SMILES string of the molecule is O=C(N/N=C\c1ccccc1C(=O)O)c1cc2c(ccc3ccccc32)o1. The molecule has 0 aliphatic heterocycles. The number of benzene rings is 3. The summed E-state index contributed by atoms with van der Waals surface area (Å²) in [4.78, 5) is 23.5. The third-order valence-electron chi connectivity index (χ3n) is 4.21. The van der Waals surface area contributed by atoms with Crippen LogP contribution in [-0.4, -0.2) is 23.2 Å². The molecule has 1 aromatic heterocycles. The molecule has 0 spiro atoms. The summed E-state index contributed by atoms with van der Waals surface area (Å²) in [6, 6.07) is 19.7. The van der Waals surface area contributed by atoms with Crippen LogP contribution in [0.15, 0.2) is 76.2 Å². The highest BCUT2D eigenvalue weighted by atomic mass is 16.4. The maximum atomic E-state index is 12.3. The molecule has 0 saturated carbocycles. The number of aromatic carboxylic acids is 1. The zero-order chi connectivity index (χ0) is 18.8. The molecule has 6 heteroatoms. The van der Waals surface area contributed by atoms with Gasteiger partial charge >= 0.3 is 11.9 Å². The number of carboxylic acid groups (broad SMARTS) is 1. The number of rotatable bonds is 4. The van der Waals surface area contributed by atoms with Crippen LogP contribution in [-0.2, 0) is 0 Å². The lowest BCUT2D eigenvalue weighted by molar-refractivity contribution is 0.0696. The van der Waals surface area contributed by atoms with E-state index in [0.717, 1.165) is 16.2 Å². The smallest absolute Gasteiger partial charge is 0.336 e. The molecule has 0 saturated heterocycles. The predicted octanol–water partition coefficient (Wildman–Crippen LogP) is 4.05. The van der Waals surface area contributed by atoms with Gasteiger partial charge in [0.1, 0.15) is 5.58 Å². The molecular formula is C21H14N2O4. The number of carbonyl (C=O) groups is 2. The molecule has 0 unspecified atom stereocenters. The fourth-order valence-corrected chi connectivity index (χ4v) is 2.92. The fraction of sp³-hybridized carbons (Fsp3) is 0. The number of nitrogens with one attached hydrogen (secondary N) is 1. The summed E-state index contributed by atoms with van der Waals surface area (Å²) in [6.45, 7) is 0. The molecule has 3 aromatic carbocycles. The predicted molar refractivity (Wildman–Crippen MR) is 102 cm³/mol. The van der Waals surface area contributed by atoms with Gasteiger partial charge in [0.25, 0.3) is 0 Å². The second kappa shape index (κ2) is 6.76. The molecule has 1 amide bonds. The van der Waals surface area contributed by atoms with Crippen LogP contribution in [0.25, 0.3) is 21.7 Å². The van der Waals surface area contributed by atoms with Crippen molar-refractivity contribution in [3.63, 3.8) is 0 Å². The van der Waals surface area contributed by atoms with Gasteiger partial charge in [0.15, 0.2) is 5.76 Å². The Hall–Kier alpha value is -3.93. The first-order valence-electron chi connectivity index (χ1n) is 8.20. The monoisotopic (exact) mass is 358 g/mol. The van der Waals surface area contributed by atoms with Crippen molar-refractivity contribution >= 4 is 39.8 Å². The Morgan fingerprint density at radius 1 is 0.963 bits per heavy atom. The van der Waals surface area contributed by atoms with E-state index in [1.165, 1.54) is 12.3 Å². The minimum atomic E-state index is -1.06. The van der Waals surface area contributed by atoms with Crippen LogP contribution in [0.3, 0.4) is 0 Å². The Balaban J connectivity index is 1.59. The highest BCUT2D eigenvalue weighted by molar-refractivity contribution is 6.08. The van der Waals surface area contributed by atoms with Gasteiger partial charge in [-0.2, -0.15) is 5.10 Å². The molecule has 2 N–H and O–H groups in total. The molecule has 0 radical (unpaired) electrons. The van der Waals surface area contributed by atoms with Gasteiger partial charge in [-0.3, -0.25) is 4.79 Å². The molecule has 0 bridgehead atoms. The lowest BCUT2D eigenvalue weighted by Gasteiger charge is -1.99. The van der Waals surface area contributed by atoms with Crippen LogP contribution >= 0.6 is 0 Å². The van der Waals surface area contributed by atoms with Gasteiger partial charge in [-0.25, -0.2) is 10.2 Å². The quantitative estimate of drug-likeness (QED) is 0.425. The maximum Gasteiger partial charge on any atom is 0.336 e. The number of amides is 1. The number of hydrogen-bond donors (Lipinski definition) is 2. The third kappa shape index (κ3) is 3.16. The van der Waals surface area contributed by atoms with Crippen LogP contribution < -0.4 is 5.43 Å². The van der Waals surface area contributed by atoms with Gasteiger partial charge in [-0.1, -0.05) is 48.5 Å². The fourth-order valence-electron chi connectivity index (χ4n) is 2.92. The molecular weight excluding hydrogens is 344 g/mol. The number of furan rings is 1. The van der Waals surface area contributed by atoms with Crippen LogP contribution in [0.2, 0.25) is 0 Å². The molecule has 132 valence electrons. The maximum absolute atomic E-state index is 12.3. The Bertz CT molecular complexity index is 1210. The second-order valence-corrected chi connectivity index (χ2v) is 5.90. The van der Waals surface area contributed by atoms with E-state index in [2.05, 4.69) is 10.5 Å². The molecule has 0 aliphatic rings. The molecule has 0 aliphatic carbocycles. The van der Waals surface area contributed by atoms with E-state index in [4.69, 9.17) is 9.52 Å². The van der Waals surface area contributed by atoms with E-state index in [1.54, 1.807) is 24.3 Å². The molecule has 1 heterocycles. The largest absolute Gasteiger partial charge is 0.478 e. The van der Waals surface area contributed by atoms with Gasteiger partial charge < -0.3 is 9.52 Å². The first-order valence-corrected chi connectivity index (χ1v) is 8.20. The van der Waals surface area contributed by atoms with Crippen molar-refractivity contribution < 1.29 is 19.1 Å². The zero-order valence-corrected chi connectivity index (χ0v) is 14.0. The van der Waals surface area contributed by atoms with Crippen molar-refractivity contribution in [3.8, 4) is 0 Å². The number of nitrogens with zero attached hydrogens (tertiary/aromatic N) is 1. The lowest BCUT2D eigenvalue weighted by atomic mass is 10.1. The number of hydrazone groups is 1. The highest BCUT2D eigenvalue weighted by Crippen LogP contribution is 2.28. The lowest BCUT2D eigenvalue weighted by Crippen LogP contribution is -2.17. The molecule has 0 fully saturated rings. The van der Waals surface area contributed by atoms with Crippen LogP contribution in [0.1, 0.15) is 26.5 Å². The van der Waals surface area contributed by atoms with E-state index >= 15 is 0 Å². The molecule has 27 heavy (non-hydrogen) atoms. The van der Waals surface area contributed by atoms with Crippen LogP contribution in [0.4, 0.5) is 0 Å². The number of carboxylic acids is 1. The summed E-state index contributed by atoms with van der Waals surface area (Å²) >= 11 is 0. The molecule has 0 atom stereocenters. The number of carbonyl (C=O) groups excluding carboxylic acids is 1. The van der Waals surface area contributed by atoms with E-state index in [-0.39, 0.29) is 11.3 Å². The first-order chi connectivity index (χ1) is 13.1. The van der Waals surface area contributed by atoms with E-state index in [0.29, 0.717) is 11.1 Å². The molecule has 6 nitrogen and oxygen atoms in total. The van der Waals surface area contributed by atoms with Gasteiger partial charge in [0.2, 0.25) is 0 Å². The van der Waals surface area contributed by atoms with Gasteiger partial charge in [-0.15, -0.1) is 0 Å². The summed E-state index contributed by atoms with van der Waals surface area (Å²) in [5.74, 6) is -1.45. The number of hydrogen-bond acceptors (Lipinski definition) is 4. The van der Waals surface area contributed by atoms with Gasteiger partial charge in [0.05, 0.1) is 11.8 Å². The average Bonchev–Trinajstić information content (AvgIpc) is 3.13. The van der Waals surface area contributed by atoms with Gasteiger partial charge in [0, 0.05) is 10.9 Å². The Morgan fingerprint density at radius 3 is 2.59 bits per heavy atom. The van der Waals surface area contributed by atoms with Crippen LogP contribution in [0.5, 0.6) is 0 Å². The standard InChI is InChI=1S/C21H14N2O4/c24-20(23-22-12-14-6-2-4-8-16(14)21(25)26)19-11-17-15-7-3-1-5-13(15)9-10-18(17)27-19/h1-12H,(H,23,24)(H,25,26)/b22-12-. The Labute approximate surface area is 153 Å². The van der Waals surface area contributed by atoms with Crippen molar-refractivity contribution in [1.29, 1.82) is 0 Å². The van der Waals surface area contributed by atoms with Crippen LogP contribution in [0, 0.1) is 0 Å². The molecule has 4 aromatic rings. The minimum Gasteiger partial charge on any atom is -0.478 e. The van der Waals surface area contributed by atoms with E-state index in [9.17, 15) is 9.59 Å². The Morgan fingerprint density at radius 2 is 1.74 bits per heavy atom. The minimum absolute atomic E-state index is 0.103. The van der Waals surface area contributed by atoms with Crippen molar-refractivity contribution in [2.24, 2.45) is 5.10 Å². The van der Waals surface area contributed by atoms with Crippen molar-refractivity contribution in [2.45, 2.75) is 0 Å². The number of fused-ring (bicyclic) bond motifs is 3. The summed E-state index contributed by atoms with van der Waals surface area (Å²) in [6.07, 6.45) is 1.29. The Kier molecular flexibility index (Phi) is 4.14. The summed E-state index contributed by atoms with van der Waals surface area (Å²) in [5, 5.41) is 15.9. The summed E-state index contributed by atoms with van der Waals surface area (Å²) in [7, 11) is 0. The first kappa shape index (κ1) is 16.5. The topological polar surface area (TPSA) is 91.9 Å². The normalized spacial score (nSPS) is 11.3. The second-order valence-electron chi connectivity index (χ2n) is 5.90. The van der Waals surface area contributed by atoms with Crippen molar-refractivity contribution in [3.05, 3.63) is 83.6 Å². The van der Waals surface area contributed by atoms with Crippen molar-refractivity contribution in [1.82, 2.24) is 5.43 Å². The van der Waals surface area contributed by atoms with E-state index < -0.39 is 11.9 Å². The highest BCUT2D eigenvalue weighted by Gasteiger charge is 2.13. The summed E-state index contributed by atoms with van der Waals surface area (Å²) < 4.78 is 5.62.